The second kappa shape index (κ2) is 11.4. The summed E-state index contributed by atoms with van der Waals surface area (Å²) in [4.78, 5) is 47.1. The SMILES string of the molecule is CCOC(=O)C1=C(N2CCN(C(=O)c3cccs3)CC2)C2CCCCC2N(CC2CCCCC2)C1=O. The zero-order chi connectivity index (χ0) is 25.1. The van der Waals surface area contributed by atoms with E-state index < -0.39 is 5.97 Å². The van der Waals surface area contributed by atoms with E-state index in [0.717, 1.165) is 42.8 Å². The van der Waals surface area contributed by atoms with Crippen LogP contribution in [0.25, 0.3) is 0 Å². The van der Waals surface area contributed by atoms with Gasteiger partial charge in [-0.15, -0.1) is 11.3 Å². The first-order valence-corrected chi connectivity index (χ1v) is 14.8. The van der Waals surface area contributed by atoms with Gasteiger partial charge in [0.05, 0.1) is 11.5 Å². The van der Waals surface area contributed by atoms with E-state index in [0.29, 0.717) is 32.1 Å². The summed E-state index contributed by atoms with van der Waals surface area (Å²) in [7, 11) is 0. The molecule has 0 bridgehead atoms. The van der Waals surface area contributed by atoms with Crippen molar-refractivity contribution in [1.29, 1.82) is 0 Å². The summed E-state index contributed by atoms with van der Waals surface area (Å²) in [5.41, 5.74) is 1.15. The monoisotopic (exact) mass is 513 g/mol. The number of carbonyl (C=O) groups excluding carboxylic acids is 3. The molecular formula is C28H39N3O4S. The molecule has 3 fully saturated rings. The summed E-state index contributed by atoms with van der Waals surface area (Å²) in [6.07, 6.45) is 10.3. The summed E-state index contributed by atoms with van der Waals surface area (Å²) in [5, 5.41) is 1.93. The fraction of sp³-hybridized carbons (Fsp3) is 0.679. The molecule has 0 spiro atoms. The van der Waals surface area contributed by atoms with Crippen LogP contribution in [-0.2, 0) is 14.3 Å². The van der Waals surface area contributed by atoms with E-state index in [-0.39, 0.29) is 36.0 Å². The standard InChI is InChI=1S/C28H39N3O4S/c1-2-35-28(34)24-25(29-14-16-30(17-15-29)26(32)23-13-8-18-36-23)21-11-6-7-12-22(21)31(27(24)33)19-20-9-4-3-5-10-20/h8,13,18,20-22H,2-7,9-12,14-17,19H2,1H3. The number of carbonyl (C=O) groups is 3. The number of esters is 1. The summed E-state index contributed by atoms with van der Waals surface area (Å²) >= 11 is 1.47. The number of fused-ring (bicyclic) bond motifs is 1. The lowest BCUT2D eigenvalue weighted by Crippen LogP contribution is -2.58. The minimum Gasteiger partial charge on any atom is -0.462 e. The van der Waals surface area contributed by atoms with Gasteiger partial charge in [0.1, 0.15) is 5.57 Å². The Kier molecular flexibility index (Phi) is 7.99. The molecule has 4 aliphatic rings. The van der Waals surface area contributed by atoms with Crippen LogP contribution < -0.4 is 0 Å². The van der Waals surface area contributed by atoms with E-state index >= 15 is 0 Å². The van der Waals surface area contributed by atoms with Crippen molar-refractivity contribution in [3.8, 4) is 0 Å². The zero-order valence-electron chi connectivity index (χ0n) is 21.5. The number of hydrogen-bond acceptors (Lipinski definition) is 6. The van der Waals surface area contributed by atoms with Gasteiger partial charge in [0.15, 0.2) is 0 Å². The number of hydrogen-bond donors (Lipinski definition) is 0. The lowest BCUT2D eigenvalue weighted by Gasteiger charge is -2.50. The smallest absolute Gasteiger partial charge is 0.345 e. The molecule has 2 aliphatic heterocycles. The van der Waals surface area contributed by atoms with Gasteiger partial charge in [-0.2, -0.15) is 0 Å². The molecule has 196 valence electrons. The maximum atomic E-state index is 14.0. The van der Waals surface area contributed by atoms with Crippen molar-refractivity contribution in [2.75, 3.05) is 39.3 Å². The van der Waals surface area contributed by atoms with Crippen molar-refractivity contribution in [3.63, 3.8) is 0 Å². The summed E-state index contributed by atoms with van der Waals surface area (Å²) in [5.74, 6) is 0.153. The highest BCUT2D eigenvalue weighted by Gasteiger charge is 2.47. The molecule has 2 unspecified atom stereocenters. The van der Waals surface area contributed by atoms with Gasteiger partial charge < -0.3 is 19.4 Å². The van der Waals surface area contributed by atoms with Gasteiger partial charge in [-0.05, 0) is 50.0 Å². The van der Waals surface area contributed by atoms with Crippen LogP contribution in [0, 0.1) is 11.8 Å². The van der Waals surface area contributed by atoms with Gasteiger partial charge in [-0.25, -0.2) is 4.79 Å². The lowest BCUT2D eigenvalue weighted by molar-refractivity contribution is -0.145. The third-order valence-corrected chi connectivity index (χ3v) is 9.37. The predicted octanol–water partition coefficient (Wildman–Crippen LogP) is 4.30. The van der Waals surface area contributed by atoms with Crippen LogP contribution in [-0.4, -0.2) is 77.9 Å². The Balaban J connectivity index is 1.42. The highest BCUT2D eigenvalue weighted by molar-refractivity contribution is 7.12. The molecular weight excluding hydrogens is 474 g/mol. The van der Waals surface area contributed by atoms with Crippen LogP contribution in [0.15, 0.2) is 28.8 Å². The number of amides is 2. The van der Waals surface area contributed by atoms with Crippen LogP contribution in [0.5, 0.6) is 0 Å². The van der Waals surface area contributed by atoms with Crippen LogP contribution in [0.1, 0.15) is 74.4 Å². The Hall–Kier alpha value is -2.35. The molecule has 5 rings (SSSR count). The second-order valence-corrected chi connectivity index (χ2v) is 11.6. The first-order chi connectivity index (χ1) is 17.6. The van der Waals surface area contributed by atoms with Gasteiger partial charge >= 0.3 is 5.97 Å². The molecule has 1 saturated heterocycles. The Bertz CT molecular complexity index is 977. The number of piperazine rings is 1. The zero-order valence-corrected chi connectivity index (χ0v) is 22.3. The first kappa shape index (κ1) is 25.3. The van der Waals surface area contributed by atoms with Crippen molar-refractivity contribution in [3.05, 3.63) is 33.7 Å². The molecule has 0 N–H and O–H groups in total. The Labute approximate surface area is 218 Å². The van der Waals surface area contributed by atoms with Crippen molar-refractivity contribution in [2.45, 2.75) is 70.8 Å². The molecule has 0 aromatic carbocycles. The molecule has 8 heteroatoms. The fourth-order valence-electron chi connectivity index (χ4n) is 6.75. The summed E-state index contributed by atoms with van der Waals surface area (Å²) in [6.45, 7) is 5.26. The van der Waals surface area contributed by atoms with Gasteiger partial charge in [-0.3, -0.25) is 9.59 Å². The second-order valence-electron chi connectivity index (χ2n) is 10.7. The first-order valence-electron chi connectivity index (χ1n) is 13.9. The third kappa shape index (κ3) is 5.06. The van der Waals surface area contributed by atoms with Crippen molar-refractivity contribution < 1.29 is 19.1 Å². The van der Waals surface area contributed by atoms with E-state index in [1.807, 2.05) is 22.4 Å². The molecule has 36 heavy (non-hydrogen) atoms. The quantitative estimate of drug-likeness (QED) is 0.419. The third-order valence-electron chi connectivity index (χ3n) is 8.51. The maximum absolute atomic E-state index is 14.0. The van der Waals surface area contributed by atoms with Gasteiger partial charge in [0.2, 0.25) is 0 Å². The van der Waals surface area contributed by atoms with Gasteiger partial charge in [0.25, 0.3) is 11.8 Å². The number of rotatable bonds is 6. The molecule has 3 heterocycles. The average Bonchev–Trinajstić information content (AvgIpc) is 3.45. The topological polar surface area (TPSA) is 70.2 Å². The van der Waals surface area contributed by atoms with E-state index in [4.69, 9.17) is 4.74 Å². The van der Waals surface area contributed by atoms with Crippen molar-refractivity contribution in [2.24, 2.45) is 11.8 Å². The number of nitrogens with zero attached hydrogens (tertiary/aromatic N) is 3. The molecule has 2 amide bonds. The van der Waals surface area contributed by atoms with E-state index in [9.17, 15) is 14.4 Å². The Morgan fingerprint density at radius 3 is 2.42 bits per heavy atom. The molecule has 2 aliphatic carbocycles. The Morgan fingerprint density at radius 1 is 1.00 bits per heavy atom. The average molecular weight is 514 g/mol. The van der Waals surface area contributed by atoms with Crippen LogP contribution in [0.4, 0.5) is 0 Å². The molecule has 2 atom stereocenters. The summed E-state index contributed by atoms with van der Waals surface area (Å²) in [6, 6.07) is 3.93. The maximum Gasteiger partial charge on any atom is 0.345 e. The van der Waals surface area contributed by atoms with E-state index in [1.54, 1.807) is 6.92 Å². The molecule has 0 radical (unpaired) electrons. The molecule has 1 aromatic heterocycles. The van der Waals surface area contributed by atoms with E-state index in [1.165, 1.54) is 43.4 Å². The van der Waals surface area contributed by atoms with Crippen molar-refractivity contribution in [1.82, 2.24) is 14.7 Å². The van der Waals surface area contributed by atoms with Crippen molar-refractivity contribution >= 4 is 29.1 Å². The largest absolute Gasteiger partial charge is 0.462 e. The van der Waals surface area contributed by atoms with Gasteiger partial charge in [-0.1, -0.05) is 38.2 Å². The minimum atomic E-state index is -0.479. The van der Waals surface area contributed by atoms with E-state index in [2.05, 4.69) is 9.80 Å². The fourth-order valence-corrected chi connectivity index (χ4v) is 7.44. The van der Waals surface area contributed by atoms with Gasteiger partial charge in [0, 0.05) is 50.4 Å². The summed E-state index contributed by atoms with van der Waals surface area (Å²) < 4.78 is 5.47. The molecule has 7 nitrogen and oxygen atoms in total. The molecule has 1 aromatic rings. The highest BCUT2D eigenvalue weighted by Crippen LogP contribution is 2.42. The van der Waals surface area contributed by atoms with Crippen LogP contribution in [0.2, 0.25) is 0 Å². The Morgan fingerprint density at radius 2 is 1.72 bits per heavy atom. The number of thiophene rings is 1. The lowest BCUT2D eigenvalue weighted by atomic mass is 9.75. The number of ether oxygens (including phenoxy) is 1. The van der Waals surface area contributed by atoms with Crippen LogP contribution >= 0.6 is 11.3 Å². The van der Waals surface area contributed by atoms with Crippen LogP contribution in [0.3, 0.4) is 0 Å². The highest BCUT2D eigenvalue weighted by atomic mass is 32.1. The normalized spacial score (nSPS) is 25.7. The minimum absolute atomic E-state index is 0.0677. The predicted molar refractivity (Wildman–Crippen MR) is 139 cm³/mol. The molecule has 2 saturated carbocycles.